The van der Waals surface area contributed by atoms with Crippen LogP contribution in [0.15, 0.2) is 54.6 Å². The standard InChI is InChI=1S/C11H15IN2O.C7H5ClO.2ClH/c1-11(2,3)14(13)10(15)8-6-4-5-7-9(8)12;8-7(9)6-4-2-1-3-5-6;;/h4-7H,13H2,1-3H3;1-5H;2*1H. The van der Waals surface area contributed by atoms with Crippen LogP contribution in [0, 0.1) is 3.57 Å². The molecular weight excluding hydrogens is 509 g/mol. The lowest BCUT2D eigenvalue weighted by Crippen LogP contribution is -2.50. The molecule has 4 nitrogen and oxygen atoms in total. The van der Waals surface area contributed by atoms with Crippen LogP contribution in [0.3, 0.4) is 0 Å². The fraction of sp³-hybridized carbons (Fsp3) is 0.222. The van der Waals surface area contributed by atoms with Crippen LogP contribution in [-0.2, 0) is 0 Å². The summed E-state index contributed by atoms with van der Waals surface area (Å²) in [6.45, 7) is 5.71. The topological polar surface area (TPSA) is 63.4 Å². The van der Waals surface area contributed by atoms with E-state index in [1.165, 1.54) is 5.01 Å². The lowest BCUT2D eigenvalue weighted by Gasteiger charge is -2.31. The summed E-state index contributed by atoms with van der Waals surface area (Å²) in [5.74, 6) is 5.63. The van der Waals surface area contributed by atoms with Gasteiger partial charge in [0.1, 0.15) is 0 Å². The molecule has 0 saturated carbocycles. The number of hydrogen-bond acceptors (Lipinski definition) is 3. The van der Waals surface area contributed by atoms with Crippen molar-refractivity contribution in [2.45, 2.75) is 26.3 Å². The summed E-state index contributed by atoms with van der Waals surface area (Å²) >= 11 is 7.30. The second-order valence-electron chi connectivity index (χ2n) is 5.97. The van der Waals surface area contributed by atoms with Crippen molar-refractivity contribution < 1.29 is 9.59 Å². The van der Waals surface area contributed by atoms with E-state index in [2.05, 4.69) is 22.6 Å². The molecule has 0 aliphatic rings. The summed E-state index contributed by atoms with van der Waals surface area (Å²) in [4.78, 5) is 22.4. The van der Waals surface area contributed by atoms with Crippen molar-refractivity contribution in [3.8, 4) is 0 Å². The van der Waals surface area contributed by atoms with Gasteiger partial charge in [0.15, 0.2) is 0 Å². The van der Waals surface area contributed by atoms with Crippen LogP contribution < -0.4 is 5.84 Å². The Bertz CT molecular complexity index is 707. The number of halogens is 4. The first kappa shape index (κ1) is 27.4. The highest BCUT2D eigenvalue weighted by Crippen LogP contribution is 2.17. The zero-order valence-corrected chi connectivity index (χ0v) is 19.2. The molecule has 0 radical (unpaired) electrons. The van der Waals surface area contributed by atoms with Crippen molar-refractivity contribution in [2.75, 3.05) is 0 Å². The molecule has 0 aromatic heterocycles. The predicted molar refractivity (Wildman–Crippen MR) is 120 cm³/mol. The normalized spacial score (nSPS) is 9.62. The average Bonchev–Trinajstić information content (AvgIpc) is 2.54. The van der Waals surface area contributed by atoms with Gasteiger partial charge in [0.2, 0.25) is 0 Å². The predicted octanol–water partition coefficient (Wildman–Crippen LogP) is 5.31. The van der Waals surface area contributed by atoms with Crippen molar-refractivity contribution >= 4 is 70.2 Å². The van der Waals surface area contributed by atoms with Crippen molar-refractivity contribution in [2.24, 2.45) is 5.84 Å². The number of hydrogen-bond donors (Lipinski definition) is 1. The minimum atomic E-state index is -0.407. The van der Waals surface area contributed by atoms with Crippen LogP contribution in [0.25, 0.3) is 0 Å². The molecule has 144 valence electrons. The first-order chi connectivity index (χ1) is 11.1. The number of amides is 1. The van der Waals surface area contributed by atoms with Gasteiger partial charge in [-0.3, -0.25) is 14.6 Å². The van der Waals surface area contributed by atoms with E-state index in [1.54, 1.807) is 30.3 Å². The lowest BCUT2D eigenvalue weighted by atomic mass is 10.1. The molecule has 0 spiro atoms. The molecule has 0 fully saturated rings. The van der Waals surface area contributed by atoms with Gasteiger partial charge in [-0.05, 0) is 67.1 Å². The number of nitrogens with zero attached hydrogens (tertiary/aromatic N) is 1. The van der Waals surface area contributed by atoms with Gasteiger partial charge in [0, 0.05) is 9.13 Å². The summed E-state index contributed by atoms with van der Waals surface area (Å²) in [7, 11) is 0. The molecular formula is C18H22Cl3IN2O2. The Morgan fingerprint density at radius 3 is 1.81 bits per heavy atom. The van der Waals surface area contributed by atoms with Crippen LogP contribution in [0.2, 0.25) is 0 Å². The number of carbonyl (C=O) groups is 2. The van der Waals surface area contributed by atoms with Gasteiger partial charge in [-0.15, -0.1) is 24.8 Å². The van der Waals surface area contributed by atoms with Gasteiger partial charge in [0.25, 0.3) is 11.1 Å². The summed E-state index contributed by atoms with van der Waals surface area (Å²) in [5.41, 5.74) is 0.824. The second kappa shape index (κ2) is 12.5. The minimum absolute atomic E-state index is 0. The third kappa shape index (κ3) is 8.68. The summed E-state index contributed by atoms with van der Waals surface area (Å²) in [6, 6.07) is 16.2. The van der Waals surface area contributed by atoms with Gasteiger partial charge >= 0.3 is 0 Å². The van der Waals surface area contributed by atoms with Gasteiger partial charge in [-0.25, -0.2) is 5.84 Å². The zero-order valence-electron chi connectivity index (χ0n) is 14.6. The first-order valence-electron chi connectivity index (χ1n) is 7.23. The third-order valence-corrected chi connectivity index (χ3v) is 4.21. The molecule has 0 atom stereocenters. The van der Waals surface area contributed by atoms with Crippen molar-refractivity contribution in [3.05, 3.63) is 69.3 Å². The Morgan fingerprint density at radius 1 is 0.962 bits per heavy atom. The molecule has 0 saturated heterocycles. The third-order valence-electron chi connectivity index (χ3n) is 3.05. The van der Waals surface area contributed by atoms with E-state index in [1.807, 2.05) is 45.0 Å². The molecule has 2 aromatic rings. The number of hydrazine groups is 1. The molecule has 0 aliphatic heterocycles. The highest BCUT2D eigenvalue weighted by molar-refractivity contribution is 14.1. The van der Waals surface area contributed by atoms with E-state index in [0.717, 1.165) is 3.57 Å². The largest absolute Gasteiger partial charge is 0.276 e. The molecule has 8 heteroatoms. The quantitative estimate of drug-likeness (QED) is 0.188. The van der Waals surface area contributed by atoms with Gasteiger partial charge in [0.05, 0.1) is 11.1 Å². The first-order valence-corrected chi connectivity index (χ1v) is 8.69. The number of rotatable bonds is 2. The molecule has 0 bridgehead atoms. The van der Waals surface area contributed by atoms with E-state index in [4.69, 9.17) is 17.4 Å². The molecule has 2 aromatic carbocycles. The summed E-state index contributed by atoms with van der Waals surface area (Å²) in [5, 5.41) is 0.861. The Kier molecular flexibility index (Phi) is 13.2. The molecule has 26 heavy (non-hydrogen) atoms. The zero-order chi connectivity index (χ0) is 18.3. The van der Waals surface area contributed by atoms with Crippen LogP contribution in [-0.4, -0.2) is 21.7 Å². The monoisotopic (exact) mass is 530 g/mol. The maximum absolute atomic E-state index is 12.0. The van der Waals surface area contributed by atoms with Crippen LogP contribution in [0.5, 0.6) is 0 Å². The van der Waals surface area contributed by atoms with Crippen molar-refractivity contribution in [1.29, 1.82) is 0 Å². The maximum Gasteiger partial charge on any atom is 0.269 e. The van der Waals surface area contributed by atoms with E-state index in [-0.39, 0.29) is 36.3 Å². The maximum atomic E-state index is 12.0. The number of nitrogens with two attached hydrogens (primary N) is 1. The van der Waals surface area contributed by atoms with E-state index in [9.17, 15) is 9.59 Å². The van der Waals surface area contributed by atoms with E-state index < -0.39 is 5.24 Å². The van der Waals surface area contributed by atoms with E-state index >= 15 is 0 Å². The molecule has 0 unspecified atom stereocenters. The minimum Gasteiger partial charge on any atom is -0.276 e. The van der Waals surface area contributed by atoms with Gasteiger partial charge in [-0.2, -0.15) is 0 Å². The summed E-state index contributed by atoms with van der Waals surface area (Å²) in [6.07, 6.45) is 0. The van der Waals surface area contributed by atoms with Crippen LogP contribution >= 0.6 is 59.0 Å². The molecule has 2 rings (SSSR count). The lowest BCUT2D eigenvalue weighted by molar-refractivity contribution is 0.0580. The van der Waals surface area contributed by atoms with Crippen LogP contribution in [0.1, 0.15) is 41.5 Å². The highest BCUT2D eigenvalue weighted by Gasteiger charge is 2.25. The molecule has 0 aliphatic carbocycles. The average molecular weight is 532 g/mol. The van der Waals surface area contributed by atoms with Gasteiger partial charge < -0.3 is 0 Å². The van der Waals surface area contributed by atoms with Crippen LogP contribution in [0.4, 0.5) is 0 Å². The fourth-order valence-corrected chi connectivity index (χ4v) is 2.38. The smallest absolute Gasteiger partial charge is 0.269 e. The Balaban J connectivity index is 0. The molecule has 0 heterocycles. The molecule has 2 N–H and O–H groups in total. The van der Waals surface area contributed by atoms with Crippen molar-refractivity contribution in [3.63, 3.8) is 0 Å². The Labute approximate surface area is 185 Å². The Morgan fingerprint density at radius 2 is 1.42 bits per heavy atom. The second-order valence-corrected chi connectivity index (χ2v) is 7.47. The van der Waals surface area contributed by atoms with Gasteiger partial charge in [-0.1, -0.05) is 42.5 Å². The highest BCUT2D eigenvalue weighted by atomic mass is 127. The number of carbonyl (C=O) groups excluding carboxylic acids is 2. The van der Waals surface area contributed by atoms with E-state index in [0.29, 0.717) is 11.1 Å². The number of benzene rings is 2. The Hall–Kier alpha value is -0.860. The SMILES string of the molecule is CC(C)(C)N(N)C(=O)c1ccccc1I.Cl.Cl.O=C(Cl)c1ccccc1. The summed E-state index contributed by atoms with van der Waals surface area (Å²) < 4.78 is 0.916. The fourth-order valence-electron chi connectivity index (χ4n) is 1.64. The molecule has 1 amide bonds. The van der Waals surface area contributed by atoms with Crippen molar-refractivity contribution in [1.82, 2.24) is 5.01 Å².